The number of amides is 1. The van der Waals surface area contributed by atoms with Crippen molar-refractivity contribution in [3.63, 3.8) is 0 Å². The van der Waals surface area contributed by atoms with Gasteiger partial charge in [0.1, 0.15) is 0 Å². The van der Waals surface area contributed by atoms with Crippen molar-refractivity contribution in [2.75, 3.05) is 13.7 Å². The normalized spacial score (nSPS) is 11.3. The van der Waals surface area contributed by atoms with Gasteiger partial charge in [0.2, 0.25) is 0 Å². The molecule has 0 bridgehead atoms. The molecule has 4 heteroatoms. The van der Waals surface area contributed by atoms with Crippen LogP contribution in [0.4, 0.5) is 0 Å². The van der Waals surface area contributed by atoms with Gasteiger partial charge in [-0.25, -0.2) is 0 Å². The van der Waals surface area contributed by atoms with Crippen molar-refractivity contribution in [1.29, 1.82) is 0 Å². The summed E-state index contributed by atoms with van der Waals surface area (Å²) in [6.45, 7) is 5.25. The lowest BCUT2D eigenvalue weighted by Gasteiger charge is -2.26. The zero-order valence-corrected chi connectivity index (χ0v) is 14.5. The summed E-state index contributed by atoms with van der Waals surface area (Å²) in [7, 11) is 1.65. The minimum atomic E-state index is -0.198. The molecule has 2 aromatic rings. The Balaban J connectivity index is 2.00. The number of ether oxygens (including phenoxy) is 1. The van der Waals surface area contributed by atoms with Gasteiger partial charge in [-0.3, -0.25) is 4.79 Å². The highest BCUT2D eigenvalue weighted by molar-refractivity contribution is 6.30. The van der Waals surface area contributed by atoms with Crippen LogP contribution in [0.3, 0.4) is 0 Å². The number of carbonyl (C=O) groups is 1. The molecule has 0 aliphatic heterocycles. The van der Waals surface area contributed by atoms with Crippen LogP contribution in [0.15, 0.2) is 48.5 Å². The highest BCUT2D eigenvalue weighted by atomic mass is 35.5. The zero-order valence-electron chi connectivity index (χ0n) is 13.7. The van der Waals surface area contributed by atoms with Crippen LogP contribution in [0.5, 0.6) is 0 Å². The first-order chi connectivity index (χ1) is 10.9. The molecule has 23 heavy (non-hydrogen) atoms. The standard InChI is InChI=1S/C19H22ClNO2/c1-19(2,16-5-4-6-17(20)11-16)13-21-18(22)15-9-7-14(8-10-15)12-23-3/h4-11H,12-13H2,1-3H3,(H,21,22). The summed E-state index contributed by atoms with van der Waals surface area (Å²) in [5.41, 5.74) is 2.59. The molecule has 0 heterocycles. The van der Waals surface area contributed by atoms with Gasteiger partial charge < -0.3 is 10.1 Å². The molecule has 0 saturated heterocycles. The Bertz CT molecular complexity index is 665. The lowest BCUT2D eigenvalue weighted by molar-refractivity contribution is 0.0945. The Labute approximate surface area is 142 Å². The number of nitrogens with one attached hydrogen (secondary N) is 1. The third-order valence-electron chi connectivity index (χ3n) is 3.82. The quantitative estimate of drug-likeness (QED) is 0.861. The molecule has 0 radical (unpaired) electrons. The maximum absolute atomic E-state index is 12.3. The molecule has 122 valence electrons. The number of halogens is 1. The van der Waals surface area contributed by atoms with E-state index in [1.807, 2.05) is 48.5 Å². The van der Waals surface area contributed by atoms with Crippen molar-refractivity contribution in [2.45, 2.75) is 25.9 Å². The molecule has 0 aliphatic rings. The smallest absolute Gasteiger partial charge is 0.251 e. The van der Waals surface area contributed by atoms with Crippen LogP contribution in [0.25, 0.3) is 0 Å². The largest absolute Gasteiger partial charge is 0.380 e. The fourth-order valence-electron chi connectivity index (χ4n) is 2.33. The fraction of sp³-hybridized carbons (Fsp3) is 0.316. The third kappa shape index (κ3) is 4.81. The van der Waals surface area contributed by atoms with Crippen LogP contribution < -0.4 is 5.32 Å². The van der Waals surface area contributed by atoms with Gasteiger partial charge in [-0.15, -0.1) is 0 Å². The van der Waals surface area contributed by atoms with E-state index in [9.17, 15) is 4.79 Å². The molecule has 2 aromatic carbocycles. The molecule has 0 fully saturated rings. The van der Waals surface area contributed by atoms with Gasteiger partial charge in [-0.05, 0) is 35.4 Å². The van der Waals surface area contributed by atoms with E-state index in [4.69, 9.17) is 16.3 Å². The minimum absolute atomic E-state index is 0.0796. The number of hydrogen-bond donors (Lipinski definition) is 1. The Morgan fingerprint density at radius 2 is 1.87 bits per heavy atom. The number of methoxy groups -OCH3 is 1. The van der Waals surface area contributed by atoms with Crippen LogP contribution in [-0.2, 0) is 16.8 Å². The molecule has 0 unspecified atom stereocenters. The van der Waals surface area contributed by atoms with Crippen molar-refractivity contribution >= 4 is 17.5 Å². The first-order valence-corrected chi connectivity index (χ1v) is 7.92. The van der Waals surface area contributed by atoms with E-state index in [2.05, 4.69) is 19.2 Å². The van der Waals surface area contributed by atoms with E-state index in [-0.39, 0.29) is 11.3 Å². The number of rotatable bonds is 6. The fourth-order valence-corrected chi connectivity index (χ4v) is 2.52. The number of benzene rings is 2. The minimum Gasteiger partial charge on any atom is -0.380 e. The van der Waals surface area contributed by atoms with Gasteiger partial charge in [-0.2, -0.15) is 0 Å². The Morgan fingerprint density at radius 3 is 2.48 bits per heavy atom. The Morgan fingerprint density at radius 1 is 1.17 bits per heavy atom. The summed E-state index contributed by atoms with van der Waals surface area (Å²) in [6, 6.07) is 15.2. The van der Waals surface area contributed by atoms with E-state index >= 15 is 0 Å². The van der Waals surface area contributed by atoms with E-state index in [1.165, 1.54) is 0 Å². The molecule has 1 N–H and O–H groups in total. The van der Waals surface area contributed by atoms with E-state index in [1.54, 1.807) is 7.11 Å². The van der Waals surface area contributed by atoms with Crippen molar-refractivity contribution in [3.8, 4) is 0 Å². The summed E-state index contributed by atoms with van der Waals surface area (Å²) in [6.07, 6.45) is 0. The first-order valence-electron chi connectivity index (χ1n) is 7.54. The van der Waals surface area contributed by atoms with Crippen LogP contribution in [0.2, 0.25) is 5.02 Å². The van der Waals surface area contributed by atoms with Crippen molar-refractivity contribution in [2.24, 2.45) is 0 Å². The lowest BCUT2D eigenvalue weighted by Crippen LogP contribution is -2.36. The molecular weight excluding hydrogens is 310 g/mol. The summed E-state index contributed by atoms with van der Waals surface area (Å²) in [5, 5.41) is 3.70. The van der Waals surface area contributed by atoms with E-state index in [0.717, 1.165) is 11.1 Å². The lowest BCUT2D eigenvalue weighted by atomic mass is 9.84. The maximum atomic E-state index is 12.3. The molecule has 0 aromatic heterocycles. The van der Waals surface area contributed by atoms with Gasteiger partial charge in [0.05, 0.1) is 6.61 Å². The van der Waals surface area contributed by atoms with Crippen molar-refractivity contribution in [1.82, 2.24) is 5.32 Å². The van der Waals surface area contributed by atoms with Crippen molar-refractivity contribution in [3.05, 3.63) is 70.2 Å². The monoisotopic (exact) mass is 331 g/mol. The third-order valence-corrected chi connectivity index (χ3v) is 4.06. The summed E-state index contributed by atoms with van der Waals surface area (Å²) >= 11 is 6.05. The maximum Gasteiger partial charge on any atom is 0.251 e. The Kier molecular flexibility index (Phi) is 5.80. The van der Waals surface area contributed by atoms with Gasteiger partial charge in [-0.1, -0.05) is 49.7 Å². The van der Waals surface area contributed by atoms with Crippen LogP contribution >= 0.6 is 11.6 Å². The average molecular weight is 332 g/mol. The summed E-state index contributed by atoms with van der Waals surface area (Å²) in [4.78, 5) is 12.3. The SMILES string of the molecule is COCc1ccc(C(=O)NCC(C)(C)c2cccc(Cl)c2)cc1. The summed E-state index contributed by atoms with van der Waals surface area (Å²) < 4.78 is 5.07. The molecule has 0 atom stereocenters. The predicted molar refractivity (Wildman–Crippen MR) is 94.0 cm³/mol. The van der Waals surface area contributed by atoms with E-state index < -0.39 is 0 Å². The predicted octanol–water partition coefficient (Wildman–Crippen LogP) is 4.19. The van der Waals surface area contributed by atoms with Gasteiger partial charge in [0.15, 0.2) is 0 Å². The highest BCUT2D eigenvalue weighted by Crippen LogP contribution is 2.25. The highest BCUT2D eigenvalue weighted by Gasteiger charge is 2.22. The van der Waals surface area contributed by atoms with Crippen molar-refractivity contribution < 1.29 is 9.53 Å². The average Bonchev–Trinajstić information content (AvgIpc) is 2.54. The molecule has 2 rings (SSSR count). The number of hydrogen-bond acceptors (Lipinski definition) is 2. The Hall–Kier alpha value is -1.84. The second kappa shape index (κ2) is 7.62. The molecule has 1 amide bonds. The van der Waals surface area contributed by atoms with E-state index in [0.29, 0.717) is 23.7 Å². The number of carbonyl (C=O) groups excluding carboxylic acids is 1. The molecule has 0 spiro atoms. The zero-order chi connectivity index (χ0) is 16.9. The summed E-state index contributed by atoms with van der Waals surface area (Å²) in [5.74, 6) is -0.0796. The van der Waals surface area contributed by atoms with Crippen LogP contribution in [-0.4, -0.2) is 19.6 Å². The first kappa shape index (κ1) is 17.5. The second-order valence-electron chi connectivity index (χ2n) is 6.21. The van der Waals surface area contributed by atoms with Gasteiger partial charge in [0, 0.05) is 29.7 Å². The van der Waals surface area contributed by atoms with Gasteiger partial charge in [0.25, 0.3) is 5.91 Å². The molecule has 3 nitrogen and oxygen atoms in total. The van der Waals surface area contributed by atoms with Crippen LogP contribution in [0.1, 0.15) is 35.3 Å². The van der Waals surface area contributed by atoms with Gasteiger partial charge >= 0.3 is 0 Å². The molecule has 0 saturated carbocycles. The van der Waals surface area contributed by atoms with Crippen LogP contribution in [0, 0.1) is 0 Å². The second-order valence-corrected chi connectivity index (χ2v) is 6.64. The molecule has 0 aliphatic carbocycles. The topological polar surface area (TPSA) is 38.3 Å². The molecular formula is C19H22ClNO2.